The summed E-state index contributed by atoms with van der Waals surface area (Å²) in [5.41, 5.74) is -1.77. The minimum absolute atomic E-state index is 0.219. The van der Waals surface area contributed by atoms with Gasteiger partial charge in [-0.05, 0) is 24.1 Å². The average molecular weight is 280 g/mol. The largest absolute Gasteiger partial charge is 0.481 e. The number of aliphatic carboxylic acids is 2. The lowest BCUT2D eigenvalue weighted by molar-refractivity contribution is -0.154. The molecule has 1 aromatic rings. The van der Waals surface area contributed by atoms with Crippen molar-refractivity contribution in [2.75, 3.05) is 0 Å². The van der Waals surface area contributed by atoms with E-state index in [9.17, 15) is 27.2 Å². The topological polar surface area (TPSA) is 74.6 Å². The van der Waals surface area contributed by atoms with Crippen LogP contribution in [-0.2, 0) is 22.2 Å². The van der Waals surface area contributed by atoms with Crippen molar-refractivity contribution < 1.29 is 37.4 Å². The van der Waals surface area contributed by atoms with Crippen LogP contribution >= 0.6 is 0 Å². The summed E-state index contributed by atoms with van der Waals surface area (Å²) < 4.78 is 50.2. The van der Waals surface area contributed by atoms with Gasteiger partial charge in [0.1, 0.15) is 5.82 Å². The van der Waals surface area contributed by atoms with Crippen LogP contribution in [0, 0.1) is 11.7 Å². The van der Waals surface area contributed by atoms with E-state index in [1.54, 1.807) is 0 Å². The zero-order chi connectivity index (χ0) is 14.8. The second kappa shape index (κ2) is 5.25. The number of benzene rings is 1. The van der Waals surface area contributed by atoms with Gasteiger partial charge in [-0.2, -0.15) is 13.2 Å². The maximum Gasteiger partial charge on any atom is 0.419 e. The Labute approximate surface area is 104 Å². The summed E-state index contributed by atoms with van der Waals surface area (Å²) in [5.74, 6) is -6.74. The van der Waals surface area contributed by atoms with Crippen molar-refractivity contribution in [2.24, 2.45) is 5.92 Å². The molecule has 4 nitrogen and oxygen atoms in total. The molecule has 8 heteroatoms. The van der Waals surface area contributed by atoms with E-state index in [4.69, 9.17) is 10.2 Å². The fraction of sp³-hybridized carbons (Fsp3) is 0.273. The highest BCUT2D eigenvalue weighted by atomic mass is 19.4. The Bertz CT molecular complexity index is 496. The summed E-state index contributed by atoms with van der Waals surface area (Å²) in [6, 6.07) is 1.86. The van der Waals surface area contributed by atoms with Crippen molar-refractivity contribution in [1.29, 1.82) is 0 Å². The average Bonchev–Trinajstić information content (AvgIpc) is 2.25. The fourth-order valence-electron chi connectivity index (χ4n) is 1.43. The van der Waals surface area contributed by atoms with Crippen LogP contribution in [-0.4, -0.2) is 22.2 Å². The lowest BCUT2D eigenvalue weighted by atomic mass is 9.98. The van der Waals surface area contributed by atoms with Crippen LogP contribution in [0.25, 0.3) is 0 Å². The van der Waals surface area contributed by atoms with E-state index in [-0.39, 0.29) is 5.56 Å². The van der Waals surface area contributed by atoms with E-state index in [0.717, 1.165) is 6.07 Å². The first-order chi connectivity index (χ1) is 8.62. The highest BCUT2D eigenvalue weighted by molar-refractivity contribution is 5.93. The second-order valence-electron chi connectivity index (χ2n) is 3.75. The number of carboxylic acid groups (broad SMARTS) is 2. The Morgan fingerprint density at radius 1 is 1.16 bits per heavy atom. The number of carbonyl (C=O) groups is 2. The van der Waals surface area contributed by atoms with Crippen molar-refractivity contribution in [3.63, 3.8) is 0 Å². The van der Waals surface area contributed by atoms with Crippen LogP contribution < -0.4 is 0 Å². The van der Waals surface area contributed by atoms with Gasteiger partial charge >= 0.3 is 18.1 Å². The molecule has 0 aliphatic heterocycles. The predicted molar refractivity (Wildman–Crippen MR) is 53.9 cm³/mol. The van der Waals surface area contributed by atoms with Gasteiger partial charge < -0.3 is 10.2 Å². The van der Waals surface area contributed by atoms with E-state index in [1.165, 1.54) is 0 Å². The molecule has 0 heterocycles. The van der Waals surface area contributed by atoms with Gasteiger partial charge in [-0.1, -0.05) is 6.07 Å². The third-order valence-corrected chi connectivity index (χ3v) is 2.37. The zero-order valence-corrected chi connectivity index (χ0v) is 9.24. The monoisotopic (exact) mass is 280 g/mol. The number of halogens is 4. The van der Waals surface area contributed by atoms with Gasteiger partial charge in [-0.15, -0.1) is 0 Å². The number of hydrogen-bond donors (Lipinski definition) is 2. The molecule has 2 N–H and O–H groups in total. The molecule has 0 saturated carbocycles. The molecule has 0 aliphatic rings. The van der Waals surface area contributed by atoms with Crippen LogP contribution in [0.15, 0.2) is 18.2 Å². The summed E-state index contributed by atoms with van der Waals surface area (Å²) in [7, 11) is 0. The first kappa shape index (κ1) is 14.9. The standard InChI is InChI=1S/C11H8F4O4/c12-8-2-1-5(4-7(8)11(13,14)15)3-6(9(16)17)10(18)19/h1-2,4,6H,3H2,(H,16,17)(H,18,19). The highest BCUT2D eigenvalue weighted by Gasteiger charge is 2.35. The lowest BCUT2D eigenvalue weighted by Crippen LogP contribution is -2.25. The Balaban J connectivity index is 3.10. The van der Waals surface area contributed by atoms with E-state index >= 15 is 0 Å². The smallest absolute Gasteiger partial charge is 0.419 e. The Morgan fingerprint density at radius 2 is 1.68 bits per heavy atom. The summed E-state index contributed by atoms with van der Waals surface area (Å²) in [6.45, 7) is 0. The van der Waals surface area contributed by atoms with Gasteiger partial charge in [0.15, 0.2) is 5.92 Å². The lowest BCUT2D eigenvalue weighted by Gasteiger charge is -2.11. The molecule has 0 fully saturated rings. The van der Waals surface area contributed by atoms with Gasteiger partial charge in [-0.25, -0.2) is 4.39 Å². The SMILES string of the molecule is O=C(O)C(Cc1ccc(F)c(C(F)(F)F)c1)C(=O)O. The van der Waals surface area contributed by atoms with E-state index in [2.05, 4.69) is 0 Å². The maximum atomic E-state index is 13.0. The van der Waals surface area contributed by atoms with E-state index in [0.29, 0.717) is 12.1 Å². The van der Waals surface area contributed by atoms with E-state index in [1.807, 2.05) is 0 Å². The molecule has 0 aliphatic carbocycles. The zero-order valence-electron chi connectivity index (χ0n) is 9.24. The van der Waals surface area contributed by atoms with Gasteiger partial charge in [-0.3, -0.25) is 9.59 Å². The molecule has 1 rings (SSSR count). The number of hydrogen-bond acceptors (Lipinski definition) is 2. The minimum Gasteiger partial charge on any atom is -0.481 e. The van der Waals surface area contributed by atoms with Gasteiger partial charge in [0.05, 0.1) is 5.56 Å². The maximum absolute atomic E-state index is 13.0. The third kappa shape index (κ3) is 3.67. The molecule has 0 radical (unpaired) electrons. The predicted octanol–water partition coefficient (Wildman–Crippen LogP) is 2.17. The summed E-state index contributed by atoms with van der Waals surface area (Å²) in [6.07, 6.45) is -5.59. The summed E-state index contributed by atoms with van der Waals surface area (Å²) in [4.78, 5) is 21.2. The molecule has 0 spiro atoms. The molecule has 0 aromatic heterocycles. The van der Waals surface area contributed by atoms with Crippen LogP contribution in [0.3, 0.4) is 0 Å². The van der Waals surface area contributed by atoms with Crippen LogP contribution in [0.4, 0.5) is 17.6 Å². The third-order valence-electron chi connectivity index (χ3n) is 2.37. The second-order valence-corrected chi connectivity index (χ2v) is 3.75. The van der Waals surface area contributed by atoms with Crippen molar-refractivity contribution in [2.45, 2.75) is 12.6 Å². The quantitative estimate of drug-likeness (QED) is 0.654. The van der Waals surface area contributed by atoms with Crippen LogP contribution in [0.5, 0.6) is 0 Å². The fourth-order valence-corrected chi connectivity index (χ4v) is 1.43. The first-order valence-electron chi connectivity index (χ1n) is 4.94. The molecule has 0 amide bonds. The summed E-state index contributed by atoms with van der Waals surface area (Å²) >= 11 is 0. The Morgan fingerprint density at radius 3 is 2.11 bits per heavy atom. The molecule has 0 atom stereocenters. The number of carboxylic acids is 2. The number of rotatable bonds is 4. The molecule has 104 valence electrons. The van der Waals surface area contributed by atoms with E-state index < -0.39 is 41.8 Å². The number of alkyl halides is 3. The van der Waals surface area contributed by atoms with Crippen LogP contribution in [0.1, 0.15) is 11.1 Å². The van der Waals surface area contributed by atoms with Gasteiger partial charge in [0.25, 0.3) is 0 Å². The molecule has 1 aromatic carbocycles. The van der Waals surface area contributed by atoms with Crippen molar-refractivity contribution >= 4 is 11.9 Å². The highest BCUT2D eigenvalue weighted by Crippen LogP contribution is 2.32. The normalized spacial score (nSPS) is 11.6. The molecule has 0 bridgehead atoms. The van der Waals surface area contributed by atoms with Crippen LogP contribution in [0.2, 0.25) is 0 Å². The molecule has 0 unspecified atom stereocenters. The molecular formula is C11H8F4O4. The molecular weight excluding hydrogens is 272 g/mol. The molecule has 0 saturated heterocycles. The Kier molecular flexibility index (Phi) is 4.13. The minimum atomic E-state index is -4.93. The van der Waals surface area contributed by atoms with Gasteiger partial charge in [0.2, 0.25) is 0 Å². The van der Waals surface area contributed by atoms with Gasteiger partial charge in [0, 0.05) is 0 Å². The molecule has 19 heavy (non-hydrogen) atoms. The first-order valence-corrected chi connectivity index (χ1v) is 4.94. The van der Waals surface area contributed by atoms with Crippen molar-refractivity contribution in [3.8, 4) is 0 Å². The van der Waals surface area contributed by atoms with Crippen molar-refractivity contribution in [1.82, 2.24) is 0 Å². The Hall–Kier alpha value is -2.12. The summed E-state index contributed by atoms with van der Waals surface area (Å²) in [5, 5.41) is 17.2. The van der Waals surface area contributed by atoms with Crippen molar-refractivity contribution in [3.05, 3.63) is 35.1 Å².